The van der Waals surface area contributed by atoms with Gasteiger partial charge in [0.15, 0.2) is 5.76 Å². The number of rotatable bonds is 5. The molecule has 1 aliphatic heterocycles. The molecule has 1 amide bonds. The summed E-state index contributed by atoms with van der Waals surface area (Å²) in [6.07, 6.45) is 3.31. The number of carbonyl (C=O) groups excluding carboxylic acids is 1. The second kappa shape index (κ2) is 7.59. The fraction of sp³-hybridized carbons (Fsp3) is 0.444. The number of hydrogen-bond donors (Lipinski definition) is 2. The Morgan fingerprint density at radius 1 is 1.29 bits per heavy atom. The lowest BCUT2D eigenvalue weighted by Crippen LogP contribution is -2.47. The molecule has 2 heterocycles. The highest BCUT2D eigenvalue weighted by Gasteiger charge is 2.28. The van der Waals surface area contributed by atoms with Crippen molar-refractivity contribution in [3.8, 4) is 11.3 Å². The molecule has 1 aromatic carbocycles. The van der Waals surface area contributed by atoms with E-state index in [0.717, 1.165) is 18.4 Å². The highest BCUT2D eigenvalue weighted by molar-refractivity contribution is 5.82. The molecule has 1 aromatic heterocycles. The number of ether oxygens (including phenoxy) is 1. The first-order valence-corrected chi connectivity index (χ1v) is 8.30. The third-order valence-corrected chi connectivity index (χ3v) is 4.39. The number of hydrogen-bond acceptors (Lipinski definition) is 5. The van der Waals surface area contributed by atoms with Gasteiger partial charge in [-0.15, -0.1) is 0 Å². The van der Waals surface area contributed by atoms with Gasteiger partial charge in [0.25, 0.3) is 0 Å². The van der Waals surface area contributed by atoms with Crippen LogP contribution in [-0.4, -0.2) is 30.1 Å². The van der Waals surface area contributed by atoms with Crippen LogP contribution in [0.5, 0.6) is 0 Å². The van der Waals surface area contributed by atoms with E-state index < -0.39 is 6.04 Å². The van der Waals surface area contributed by atoms with Crippen molar-refractivity contribution in [1.29, 1.82) is 0 Å². The Morgan fingerprint density at radius 3 is 2.71 bits per heavy atom. The molecule has 1 fully saturated rings. The first-order chi connectivity index (χ1) is 11.6. The van der Waals surface area contributed by atoms with E-state index in [-0.39, 0.29) is 17.9 Å². The third kappa shape index (κ3) is 3.83. The van der Waals surface area contributed by atoms with Crippen molar-refractivity contribution < 1.29 is 13.9 Å². The van der Waals surface area contributed by atoms with Crippen molar-refractivity contribution in [1.82, 2.24) is 10.3 Å². The number of nitrogens with two attached hydrogens (primary N) is 1. The predicted octanol–water partition coefficient (Wildman–Crippen LogP) is 2.27. The summed E-state index contributed by atoms with van der Waals surface area (Å²) in [5, 5.41) is 2.90. The van der Waals surface area contributed by atoms with Crippen LogP contribution in [0.15, 0.2) is 40.9 Å². The SMILES string of the molecule is CC(NC(=O)C(N)C1CCOCC1)c1ncc(-c2ccccc2)o1. The molecule has 0 spiro atoms. The summed E-state index contributed by atoms with van der Waals surface area (Å²) < 4.78 is 11.1. The Hall–Kier alpha value is -2.18. The van der Waals surface area contributed by atoms with Crippen LogP contribution in [0.4, 0.5) is 0 Å². The van der Waals surface area contributed by atoms with E-state index in [4.69, 9.17) is 14.9 Å². The maximum atomic E-state index is 12.4. The van der Waals surface area contributed by atoms with Crippen molar-refractivity contribution >= 4 is 5.91 Å². The summed E-state index contributed by atoms with van der Waals surface area (Å²) in [6.45, 7) is 3.18. The molecule has 2 unspecified atom stereocenters. The predicted molar refractivity (Wildman–Crippen MR) is 90.0 cm³/mol. The summed E-state index contributed by atoms with van der Waals surface area (Å²) in [4.78, 5) is 16.6. The number of carbonyl (C=O) groups is 1. The van der Waals surface area contributed by atoms with Crippen LogP contribution in [-0.2, 0) is 9.53 Å². The standard InChI is InChI=1S/C18H23N3O3/c1-12(21-17(22)16(19)14-7-9-23-10-8-14)18-20-11-15(24-18)13-5-3-2-4-6-13/h2-6,11-12,14,16H,7-10,19H2,1H3,(H,21,22). The minimum Gasteiger partial charge on any atom is -0.438 e. The van der Waals surface area contributed by atoms with E-state index in [9.17, 15) is 4.79 Å². The first kappa shape index (κ1) is 16.7. The number of nitrogens with one attached hydrogen (secondary N) is 1. The third-order valence-electron chi connectivity index (χ3n) is 4.39. The van der Waals surface area contributed by atoms with E-state index in [1.807, 2.05) is 37.3 Å². The van der Waals surface area contributed by atoms with Crippen molar-refractivity contribution in [3.05, 3.63) is 42.4 Å². The Kier molecular flexibility index (Phi) is 5.27. The average Bonchev–Trinajstić information content (AvgIpc) is 3.13. The van der Waals surface area contributed by atoms with Gasteiger partial charge in [0, 0.05) is 18.8 Å². The molecule has 0 saturated carbocycles. The first-order valence-electron chi connectivity index (χ1n) is 8.30. The zero-order valence-electron chi connectivity index (χ0n) is 13.8. The molecular weight excluding hydrogens is 306 g/mol. The molecule has 0 bridgehead atoms. The summed E-state index contributed by atoms with van der Waals surface area (Å²) in [6, 6.07) is 8.87. The molecule has 1 aliphatic rings. The maximum Gasteiger partial charge on any atom is 0.237 e. The molecule has 128 valence electrons. The molecule has 2 aromatic rings. The zero-order valence-corrected chi connectivity index (χ0v) is 13.8. The Bertz CT molecular complexity index is 665. The monoisotopic (exact) mass is 329 g/mol. The number of nitrogens with zero attached hydrogens (tertiary/aromatic N) is 1. The number of amides is 1. The van der Waals surface area contributed by atoms with Gasteiger partial charge in [-0.2, -0.15) is 0 Å². The van der Waals surface area contributed by atoms with Crippen LogP contribution in [0, 0.1) is 5.92 Å². The van der Waals surface area contributed by atoms with Gasteiger partial charge in [0.2, 0.25) is 11.8 Å². The molecule has 24 heavy (non-hydrogen) atoms. The second-order valence-corrected chi connectivity index (χ2v) is 6.13. The van der Waals surface area contributed by atoms with Gasteiger partial charge in [-0.05, 0) is 25.7 Å². The van der Waals surface area contributed by atoms with Gasteiger partial charge in [0.1, 0.15) is 6.04 Å². The van der Waals surface area contributed by atoms with Crippen molar-refractivity contribution in [2.75, 3.05) is 13.2 Å². The van der Waals surface area contributed by atoms with E-state index in [1.54, 1.807) is 6.20 Å². The summed E-state index contributed by atoms with van der Waals surface area (Å²) in [5.74, 6) is 1.14. The summed E-state index contributed by atoms with van der Waals surface area (Å²) in [7, 11) is 0. The van der Waals surface area contributed by atoms with Crippen LogP contribution >= 0.6 is 0 Å². The zero-order chi connectivity index (χ0) is 16.9. The van der Waals surface area contributed by atoms with Gasteiger partial charge in [-0.25, -0.2) is 4.98 Å². The van der Waals surface area contributed by atoms with Crippen LogP contribution in [0.2, 0.25) is 0 Å². The molecule has 6 heteroatoms. The molecule has 6 nitrogen and oxygen atoms in total. The Morgan fingerprint density at radius 2 is 2.00 bits per heavy atom. The largest absolute Gasteiger partial charge is 0.438 e. The fourth-order valence-electron chi connectivity index (χ4n) is 2.88. The van der Waals surface area contributed by atoms with Crippen LogP contribution in [0.25, 0.3) is 11.3 Å². The normalized spacial score (nSPS) is 18.1. The van der Waals surface area contributed by atoms with Gasteiger partial charge in [0.05, 0.1) is 12.2 Å². The van der Waals surface area contributed by atoms with Gasteiger partial charge in [-0.3, -0.25) is 4.79 Å². The van der Waals surface area contributed by atoms with Crippen molar-refractivity contribution in [2.24, 2.45) is 11.7 Å². The van der Waals surface area contributed by atoms with Gasteiger partial charge >= 0.3 is 0 Å². The van der Waals surface area contributed by atoms with Crippen molar-refractivity contribution in [2.45, 2.75) is 31.8 Å². The van der Waals surface area contributed by atoms with E-state index in [2.05, 4.69) is 10.3 Å². The van der Waals surface area contributed by atoms with Crippen LogP contribution in [0.3, 0.4) is 0 Å². The lowest BCUT2D eigenvalue weighted by atomic mass is 9.92. The molecule has 0 radical (unpaired) electrons. The molecule has 3 rings (SSSR count). The number of benzene rings is 1. The van der Waals surface area contributed by atoms with E-state index >= 15 is 0 Å². The molecule has 3 N–H and O–H groups in total. The summed E-state index contributed by atoms with van der Waals surface area (Å²) in [5.41, 5.74) is 7.05. The maximum absolute atomic E-state index is 12.4. The van der Waals surface area contributed by atoms with E-state index in [1.165, 1.54) is 0 Å². The number of oxazole rings is 1. The Balaban J connectivity index is 1.61. The smallest absolute Gasteiger partial charge is 0.237 e. The quantitative estimate of drug-likeness (QED) is 0.878. The van der Waals surface area contributed by atoms with Gasteiger partial charge in [-0.1, -0.05) is 30.3 Å². The molecule has 0 aliphatic carbocycles. The number of aromatic nitrogens is 1. The highest BCUT2D eigenvalue weighted by atomic mass is 16.5. The average molecular weight is 329 g/mol. The molecule has 2 atom stereocenters. The minimum atomic E-state index is -0.528. The molecular formula is C18H23N3O3. The minimum absolute atomic E-state index is 0.162. The lowest BCUT2D eigenvalue weighted by Gasteiger charge is -2.27. The molecule has 1 saturated heterocycles. The highest BCUT2D eigenvalue weighted by Crippen LogP contribution is 2.23. The van der Waals surface area contributed by atoms with Crippen LogP contribution in [0.1, 0.15) is 31.7 Å². The van der Waals surface area contributed by atoms with Crippen molar-refractivity contribution in [3.63, 3.8) is 0 Å². The topological polar surface area (TPSA) is 90.4 Å². The summed E-state index contributed by atoms with van der Waals surface area (Å²) >= 11 is 0. The lowest BCUT2D eigenvalue weighted by molar-refractivity contribution is -0.125. The van der Waals surface area contributed by atoms with Crippen LogP contribution < -0.4 is 11.1 Å². The Labute approximate surface area is 141 Å². The van der Waals surface area contributed by atoms with E-state index in [0.29, 0.717) is 24.9 Å². The fourth-order valence-corrected chi connectivity index (χ4v) is 2.88. The van der Waals surface area contributed by atoms with Gasteiger partial charge < -0.3 is 20.2 Å². The second-order valence-electron chi connectivity index (χ2n) is 6.13.